The first-order chi connectivity index (χ1) is 16.0. The van der Waals surface area contributed by atoms with Crippen LogP contribution in [0, 0.1) is 12.7 Å². The van der Waals surface area contributed by atoms with Crippen LogP contribution in [0.2, 0.25) is 0 Å². The normalized spacial score (nSPS) is 19.1. The van der Waals surface area contributed by atoms with Crippen LogP contribution in [-0.2, 0) is 9.59 Å². The number of benzene rings is 3. The molecule has 166 valence electrons. The lowest BCUT2D eigenvalue weighted by Gasteiger charge is -2.26. The van der Waals surface area contributed by atoms with Gasteiger partial charge in [0.2, 0.25) is 0 Å². The average molecular weight is 445 g/mol. The first-order valence-corrected chi connectivity index (χ1v) is 10.5. The second kappa shape index (κ2) is 8.09. The fourth-order valence-corrected chi connectivity index (χ4v) is 4.23. The zero-order valence-electron chi connectivity index (χ0n) is 17.7. The Morgan fingerprint density at radius 2 is 1.67 bits per heavy atom. The molecule has 0 aromatic heterocycles. The molecule has 0 bridgehead atoms. The lowest BCUT2D eigenvalue weighted by atomic mass is 9.92. The van der Waals surface area contributed by atoms with Crippen molar-refractivity contribution in [1.82, 2.24) is 0 Å². The minimum absolute atomic E-state index is 0.0460. The molecule has 2 aliphatic rings. The summed E-state index contributed by atoms with van der Waals surface area (Å²) in [6, 6.07) is 16.6. The molecule has 3 aromatic carbocycles. The van der Waals surface area contributed by atoms with E-state index in [1.165, 1.54) is 29.2 Å². The predicted octanol–water partition coefficient (Wildman–Crippen LogP) is 4.53. The first-order valence-electron chi connectivity index (χ1n) is 10.5. The van der Waals surface area contributed by atoms with Gasteiger partial charge in [0.15, 0.2) is 11.5 Å². The quantitative estimate of drug-likeness (QED) is 0.364. The van der Waals surface area contributed by atoms with Gasteiger partial charge in [-0.05, 0) is 60.5 Å². The van der Waals surface area contributed by atoms with E-state index in [1.807, 2.05) is 19.1 Å². The molecule has 1 amide bonds. The molecule has 0 radical (unpaired) electrons. The minimum Gasteiger partial charge on any atom is -0.507 e. The third kappa shape index (κ3) is 3.51. The van der Waals surface area contributed by atoms with Gasteiger partial charge in [-0.1, -0.05) is 24.3 Å². The van der Waals surface area contributed by atoms with Crippen molar-refractivity contribution in [1.29, 1.82) is 0 Å². The van der Waals surface area contributed by atoms with Gasteiger partial charge in [0.25, 0.3) is 11.7 Å². The van der Waals surface area contributed by atoms with Gasteiger partial charge >= 0.3 is 0 Å². The molecule has 3 aromatic rings. The van der Waals surface area contributed by atoms with Crippen LogP contribution in [0.15, 0.2) is 72.3 Å². The van der Waals surface area contributed by atoms with E-state index in [1.54, 1.807) is 30.3 Å². The fraction of sp³-hybridized carbons (Fsp3) is 0.154. The number of carbonyl (C=O) groups excluding carboxylic acids is 2. The number of carbonyl (C=O) groups is 2. The number of rotatable bonds is 3. The molecule has 7 heteroatoms. The number of anilines is 1. The molecular formula is C26H20FNO5. The topological polar surface area (TPSA) is 76.1 Å². The van der Waals surface area contributed by atoms with E-state index in [4.69, 9.17) is 9.47 Å². The van der Waals surface area contributed by atoms with Gasteiger partial charge in [-0.25, -0.2) is 4.39 Å². The molecule has 2 aliphatic heterocycles. The molecule has 5 rings (SSSR count). The Bertz CT molecular complexity index is 1300. The number of aliphatic hydroxyl groups excluding tert-OH is 1. The number of ether oxygens (including phenoxy) is 2. The number of halogens is 1. The van der Waals surface area contributed by atoms with Crippen molar-refractivity contribution in [3.05, 3.63) is 94.8 Å². The number of aryl methyl sites for hydroxylation is 1. The van der Waals surface area contributed by atoms with Gasteiger partial charge in [0.05, 0.1) is 11.6 Å². The van der Waals surface area contributed by atoms with Crippen LogP contribution >= 0.6 is 0 Å². The lowest BCUT2D eigenvalue weighted by Crippen LogP contribution is -2.29. The summed E-state index contributed by atoms with van der Waals surface area (Å²) in [6.07, 6.45) is 0. The number of hydrogen-bond acceptors (Lipinski definition) is 5. The molecule has 0 aliphatic carbocycles. The van der Waals surface area contributed by atoms with Crippen LogP contribution in [0.25, 0.3) is 5.76 Å². The van der Waals surface area contributed by atoms with Gasteiger partial charge in [0, 0.05) is 11.3 Å². The maximum atomic E-state index is 13.6. The summed E-state index contributed by atoms with van der Waals surface area (Å²) in [5, 5.41) is 11.3. The van der Waals surface area contributed by atoms with Crippen molar-refractivity contribution in [2.75, 3.05) is 18.1 Å². The largest absolute Gasteiger partial charge is 0.507 e. The highest BCUT2D eigenvalue weighted by Gasteiger charge is 2.47. The second-order valence-corrected chi connectivity index (χ2v) is 7.86. The second-order valence-electron chi connectivity index (χ2n) is 7.86. The average Bonchev–Trinajstić information content (AvgIpc) is 3.09. The summed E-state index contributed by atoms with van der Waals surface area (Å²) in [5.74, 6) is -1.40. The van der Waals surface area contributed by atoms with Crippen LogP contribution in [0.4, 0.5) is 10.1 Å². The Kier molecular flexibility index (Phi) is 5.09. The maximum Gasteiger partial charge on any atom is 0.300 e. The zero-order valence-corrected chi connectivity index (χ0v) is 17.7. The Labute approximate surface area is 189 Å². The van der Waals surface area contributed by atoms with E-state index in [-0.39, 0.29) is 11.3 Å². The Morgan fingerprint density at radius 1 is 0.970 bits per heavy atom. The molecule has 1 fully saturated rings. The van der Waals surface area contributed by atoms with Crippen molar-refractivity contribution in [3.63, 3.8) is 0 Å². The summed E-state index contributed by atoms with van der Waals surface area (Å²) < 4.78 is 24.7. The van der Waals surface area contributed by atoms with Gasteiger partial charge in [-0.2, -0.15) is 0 Å². The molecule has 1 saturated heterocycles. The van der Waals surface area contributed by atoms with Crippen molar-refractivity contribution >= 4 is 23.1 Å². The predicted molar refractivity (Wildman–Crippen MR) is 120 cm³/mol. The van der Waals surface area contributed by atoms with Gasteiger partial charge in [-0.3, -0.25) is 14.5 Å². The van der Waals surface area contributed by atoms with Gasteiger partial charge in [-0.15, -0.1) is 0 Å². The summed E-state index contributed by atoms with van der Waals surface area (Å²) >= 11 is 0. The maximum absolute atomic E-state index is 13.6. The Morgan fingerprint density at radius 3 is 2.39 bits per heavy atom. The molecule has 1 N–H and O–H groups in total. The van der Waals surface area contributed by atoms with Crippen molar-refractivity contribution in [3.8, 4) is 11.5 Å². The summed E-state index contributed by atoms with van der Waals surface area (Å²) in [5.41, 5.74) is 2.16. The van der Waals surface area contributed by atoms with Crippen LogP contribution in [0.5, 0.6) is 11.5 Å². The van der Waals surface area contributed by atoms with Crippen LogP contribution in [0.3, 0.4) is 0 Å². The number of hydrogen-bond donors (Lipinski definition) is 1. The molecule has 6 nitrogen and oxygen atoms in total. The first kappa shape index (κ1) is 20.8. The number of fused-ring (bicyclic) bond motifs is 1. The molecule has 33 heavy (non-hydrogen) atoms. The summed E-state index contributed by atoms with van der Waals surface area (Å²) in [6.45, 7) is 2.66. The summed E-state index contributed by atoms with van der Waals surface area (Å²) in [7, 11) is 0. The van der Waals surface area contributed by atoms with E-state index in [2.05, 4.69) is 0 Å². The van der Waals surface area contributed by atoms with Crippen LogP contribution < -0.4 is 14.4 Å². The number of Topliss-reactive ketones (excluding diaryl/α,β-unsaturated/α-hetero) is 1. The van der Waals surface area contributed by atoms with Crippen LogP contribution in [-0.4, -0.2) is 30.0 Å². The van der Waals surface area contributed by atoms with Gasteiger partial charge in [0.1, 0.15) is 24.8 Å². The lowest BCUT2D eigenvalue weighted by molar-refractivity contribution is -0.132. The zero-order chi connectivity index (χ0) is 23.1. The number of ketones is 1. The molecule has 1 atom stereocenters. The van der Waals surface area contributed by atoms with E-state index in [9.17, 15) is 19.1 Å². The highest BCUT2D eigenvalue weighted by Crippen LogP contribution is 2.44. The fourth-order valence-electron chi connectivity index (χ4n) is 4.23. The number of aliphatic hydroxyl groups is 1. The molecule has 1 unspecified atom stereocenters. The highest BCUT2D eigenvalue weighted by atomic mass is 19.1. The highest BCUT2D eigenvalue weighted by molar-refractivity contribution is 6.51. The third-order valence-corrected chi connectivity index (χ3v) is 5.85. The summed E-state index contributed by atoms with van der Waals surface area (Å²) in [4.78, 5) is 27.7. The smallest absolute Gasteiger partial charge is 0.300 e. The van der Waals surface area contributed by atoms with Gasteiger partial charge < -0.3 is 14.6 Å². The molecule has 0 saturated carbocycles. The van der Waals surface area contributed by atoms with E-state index in [0.29, 0.717) is 41.5 Å². The SMILES string of the molecule is Cc1ccccc1C1/C(=C(\O)c2ccc3c(c2)OCCO3)C(=O)C(=O)N1c1ccc(F)cc1. The van der Waals surface area contributed by atoms with Crippen molar-refractivity contribution < 1.29 is 28.6 Å². The Balaban J connectivity index is 1.71. The standard InChI is InChI=1S/C26H20FNO5/c1-15-4-2-3-5-19(15)23-22(24(29)16-6-11-20-21(14-16)33-13-12-32-20)25(30)26(31)28(23)18-9-7-17(27)8-10-18/h2-11,14,23,29H,12-13H2,1H3/b24-22+. The van der Waals surface area contributed by atoms with Crippen molar-refractivity contribution in [2.24, 2.45) is 0 Å². The monoisotopic (exact) mass is 445 g/mol. The Hall–Kier alpha value is -4.13. The molecular weight excluding hydrogens is 425 g/mol. The molecule has 0 spiro atoms. The van der Waals surface area contributed by atoms with E-state index >= 15 is 0 Å². The van der Waals surface area contributed by atoms with Crippen molar-refractivity contribution in [2.45, 2.75) is 13.0 Å². The van der Waals surface area contributed by atoms with Crippen LogP contribution in [0.1, 0.15) is 22.7 Å². The third-order valence-electron chi connectivity index (χ3n) is 5.85. The minimum atomic E-state index is -0.884. The van der Waals surface area contributed by atoms with E-state index < -0.39 is 23.5 Å². The number of amides is 1. The molecule has 2 heterocycles. The van der Waals surface area contributed by atoms with E-state index in [0.717, 1.165) is 5.56 Å². The number of nitrogens with zero attached hydrogens (tertiary/aromatic N) is 1.